The molecule has 0 N–H and O–H groups in total. The summed E-state index contributed by atoms with van der Waals surface area (Å²) in [6, 6.07) is 7.78. The van der Waals surface area contributed by atoms with Gasteiger partial charge in [0.15, 0.2) is 5.30 Å². The molecule has 0 aliphatic carbocycles. The summed E-state index contributed by atoms with van der Waals surface area (Å²) in [5.74, 6) is 0. The first-order valence-electron chi connectivity index (χ1n) is 3.17. The summed E-state index contributed by atoms with van der Waals surface area (Å²) >= 11 is 0. The molecule has 0 fully saturated rings. The molecule has 0 aliphatic rings. The SMILES string of the molecule is Cc1ccc([P+](C)=O)cc1. The van der Waals surface area contributed by atoms with Crippen molar-refractivity contribution in [3.63, 3.8) is 0 Å². The van der Waals surface area contributed by atoms with E-state index < -0.39 is 7.80 Å². The van der Waals surface area contributed by atoms with Gasteiger partial charge in [0.2, 0.25) is 0 Å². The van der Waals surface area contributed by atoms with Crippen LogP contribution < -0.4 is 5.30 Å². The fourth-order valence-corrected chi connectivity index (χ4v) is 1.32. The zero-order valence-electron chi connectivity index (χ0n) is 6.16. The van der Waals surface area contributed by atoms with E-state index in [1.807, 2.05) is 31.2 Å². The minimum atomic E-state index is -1.16. The molecule has 0 aliphatic heterocycles. The Morgan fingerprint density at radius 2 is 1.70 bits per heavy atom. The van der Waals surface area contributed by atoms with Crippen LogP contribution >= 0.6 is 7.80 Å². The van der Waals surface area contributed by atoms with Crippen molar-refractivity contribution < 1.29 is 4.57 Å². The Balaban J connectivity index is 3.00. The van der Waals surface area contributed by atoms with Gasteiger partial charge >= 0.3 is 7.80 Å². The summed E-state index contributed by atoms with van der Waals surface area (Å²) in [6.07, 6.45) is 0. The van der Waals surface area contributed by atoms with Gasteiger partial charge in [0.1, 0.15) is 6.66 Å². The van der Waals surface area contributed by atoms with Crippen LogP contribution in [0.2, 0.25) is 0 Å². The molecule has 0 saturated carbocycles. The molecule has 1 rings (SSSR count). The molecule has 0 radical (unpaired) electrons. The lowest BCUT2D eigenvalue weighted by Crippen LogP contribution is -1.93. The lowest BCUT2D eigenvalue weighted by molar-refractivity contribution is 0.596. The molecule has 0 bridgehead atoms. The number of hydrogen-bond acceptors (Lipinski definition) is 1. The fourth-order valence-electron chi connectivity index (χ4n) is 0.755. The maximum atomic E-state index is 10.9. The van der Waals surface area contributed by atoms with Crippen LogP contribution in [-0.2, 0) is 4.57 Å². The standard InChI is InChI=1S/C8H10OP/c1-7-3-5-8(6-4-7)10(2)9/h3-6H,1-2H3/q+1. The van der Waals surface area contributed by atoms with Crippen molar-refractivity contribution >= 4 is 13.1 Å². The Morgan fingerprint density at radius 3 is 2.10 bits per heavy atom. The Labute approximate surface area is 61.9 Å². The quantitative estimate of drug-likeness (QED) is 0.564. The van der Waals surface area contributed by atoms with Crippen LogP contribution in [-0.4, -0.2) is 6.66 Å². The summed E-state index contributed by atoms with van der Waals surface area (Å²) in [6.45, 7) is 3.74. The molecule has 0 heterocycles. The minimum Gasteiger partial charge on any atom is -0.0684 e. The highest BCUT2D eigenvalue weighted by Crippen LogP contribution is 2.12. The summed E-state index contributed by atoms with van der Waals surface area (Å²) in [5.41, 5.74) is 1.21. The summed E-state index contributed by atoms with van der Waals surface area (Å²) in [4.78, 5) is 0. The van der Waals surface area contributed by atoms with E-state index >= 15 is 0 Å². The van der Waals surface area contributed by atoms with Crippen LogP contribution in [0.3, 0.4) is 0 Å². The van der Waals surface area contributed by atoms with E-state index in [0.717, 1.165) is 5.30 Å². The highest BCUT2D eigenvalue weighted by Gasteiger charge is 2.08. The van der Waals surface area contributed by atoms with Crippen molar-refractivity contribution in [1.82, 2.24) is 0 Å². The van der Waals surface area contributed by atoms with Gasteiger partial charge in [-0.25, -0.2) is 0 Å². The van der Waals surface area contributed by atoms with Crippen LogP contribution in [0.5, 0.6) is 0 Å². The van der Waals surface area contributed by atoms with E-state index in [0.29, 0.717) is 0 Å². The second-order valence-corrected chi connectivity index (χ2v) is 3.84. The lowest BCUT2D eigenvalue weighted by atomic mass is 10.2. The first kappa shape index (κ1) is 7.43. The molecule has 1 nitrogen and oxygen atoms in total. The van der Waals surface area contributed by atoms with E-state index in [1.165, 1.54) is 5.56 Å². The number of hydrogen-bond donors (Lipinski definition) is 0. The molecule has 1 atom stereocenters. The number of aryl methyl sites for hydroxylation is 1. The summed E-state index contributed by atoms with van der Waals surface area (Å²) < 4.78 is 10.9. The predicted octanol–water partition coefficient (Wildman–Crippen LogP) is 2.08. The van der Waals surface area contributed by atoms with Crippen LogP contribution in [0, 0.1) is 6.92 Å². The van der Waals surface area contributed by atoms with Gasteiger partial charge in [-0.15, -0.1) is 0 Å². The third-order valence-electron chi connectivity index (χ3n) is 1.40. The van der Waals surface area contributed by atoms with Gasteiger partial charge in [-0.3, -0.25) is 0 Å². The Hall–Kier alpha value is -0.680. The molecular weight excluding hydrogens is 143 g/mol. The van der Waals surface area contributed by atoms with E-state index in [-0.39, 0.29) is 0 Å². The average molecular weight is 153 g/mol. The van der Waals surface area contributed by atoms with Crippen molar-refractivity contribution in [2.45, 2.75) is 6.92 Å². The molecule has 2 heteroatoms. The predicted molar refractivity (Wildman–Crippen MR) is 44.3 cm³/mol. The number of benzene rings is 1. The second-order valence-electron chi connectivity index (χ2n) is 2.33. The van der Waals surface area contributed by atoms with Gasteiger partial charge in [-0.2, -0.15) is 0 Å². The topological polar surface area (TPSA) is 17.1 Å². The van der Waals surface area contributed by atoms with Gasteiger partial charge in [-0.05, 0) is 19.1 Å². The van der Waals surface area contributed by atoms with Crippen molar-refractivity contribution in [3.05, 3.63) is 29.8 Å². The fraction of sp³-hybridized carbons (Fsp3) is 0.250. The van der Waals surface area contributed by atoms with Crippen molar-refractivity contribution in [2.75, 3.05) is 6.66 Å². The van der Waals surface area contributed by atoms with Gasteiger partial charge in [0.05, 0.1) is 0 Å². The molecule has 0 spiro atoms. The van der Waals surface area contributed by atoms with E-state index in [9.17, 15) is 4.57 Å². The van der Waals surface area contributed by atoms with Gasteiger partial charge in [0.25, 0.3) is 0 Å². The van der Waals surface area contributed by atoms with Gasteiger partial charge < -0.3 is 0 Å². The third-order valence-corrected chi connectivity index (χ3v) is 2.42. The van der Waals surface area contributed by atoms with Gasteiger partial charge in [0, 0.05) is 0 Å². The Bertz CT molecular complexity index is 238. The van der Waals surface area contributed by atoms with Crippen molar-refractivity contribution in [1.29, 1.82) is 0 Å². The van der Waals surface area contributed by atoms with Crippen LogP contribution in [0.15, 0.2) is 24.3 Å². The van der Waals surface area contributed by atoms with Crippen LogP contribution in [0.4, 0.5) is 0 Å². The van der Waals surface area contributed by atoms with E-state index in [4.69, 9.17) is 0 Å². The molecule has 0 saturated heterocycles. The zero-order chi connectivity index (χ0) is 7.56. The monoisotopic (exact) mass is 153 g/mol. The van der Waals surface area contributed by atoms with E-state index in [1.54, 1.807) is 6.66 Å². The normalized spacial score (nSPS) is 11.2. The third kappa shape index (κ3) is 1.65. The Kier molecular flexibility index (Phi) is 2.18. The maximum Gasteiger partial charge on any atom is 0.373 e. The number of rotatable bonds is 1. The highest BCUT2D eigenvalue weighted by molar-refractivity contribution is 7.52. The van der Waals surface area contributed by atoms with Crippen molar-refractivity contribution in [2.24, 2.45) is 0 Å². The highest BCUT2D eigenvalue weighted by atomic mass is 31.1. The van der Waals surface area contributed by atoms with Crippen LogP contribution in [0.1, 0.15) is 5.56 Å². The van der Waals surface area contributed by atoms with Crippen LogP contribution in [0.25, 0.3) is 0 Å². The molecule has 1 aromatic carbocycles. The lowest BCUT2D eigenvalue weighted by Gasteiger charge is -1.86. The average Bonchev–Trinajstić information content (AvgIpc) is 1.88. The molecule has 0 amide bonds. The summed E-state index contributed by atoms with van der Waals surface area (Å²) in [7, 11) is -1.16. The molecule has 1 aromatic rings. The summed E-state index contributed by atoms with van der Waals surface area (Å²) in [5, 5.41) is 0.931. The maximum absolute atomic E-state index is 10.9. The molecule has 10 heavy (non-hydrogen) atoms. The molecule has 52 valence electrons. The molecule has 1 unspecified atom stereocenters. The first-order chi connectivity index (χ1) is 4.70. The zero-order valence-corrected chi connectivity index (χ0v) is 7.06. The first-order valence-corrected chi connectivity index (χ1v) is 4.88. The largest absolute Gasteiger partial charge is 0.373 e. The van der Waals surface area contributed by atoms with Crippen molar-refractivity contribution in [3.8, 4) is 0 Å². The second kappa shape index (κ2) is 2.94. The molecular formula is C8H10OP+. The van der Waals surface area contributed by atoms with Gasteiger partial charge in [-0.1, -0.05) is 22.3 Å². The van der Waals surface area contributed by atoms with E-state index in [2.05, 4.69) is 0 Å². The minimum absolute atomic E-state index is 0.931. The smallest absolute Gasteiger partial charge is 0.0684 e. The Morgan fingerprint density at radius 1 is 1.20 bits per heavy atom. The molecule has 0 aromatic heterocycles.